The fraction of sp³-hybridized carbons (Fsp3) is 0.556. The highest BCUT2D eigenvalue weighted by Gasteiger charge is 2.21. The maximum Gasteiger partial charge on any atom is 0.104 e. The van der Waals surface area contributed by atoms with Crippen LogP contribution in [0.1, 0.15) is 25.2 Å². The zero-order valence-electron chi connectivity index (χ0n) is 8.70. The number of aliphatic hydroxyl groups is 1. The topological polar surface area (TPSA) is 62.8 Å². The Balaban J connectivity index is 3.25. The molecule has 0 aromatic carbocycles. The Morgan fingerprint density at radius 3 is 2.50 bits per heavy atom. The van der Waals surface area contributed by atoms with Gasteiger partial charge in [0.25, 0.3) is 0 Å². The predicted octanol–water partition coefficient (Wildman–Crippen LogP) is 1.95. The lowest BCUT2D eigenvalue weighted by molar-refractivity contribution is 0.0770. The lowest BCUT2D eigenvalue weighted by atomic mass is 10.00. The first-order valence-electron chi connectivity index (χ1n) is 4.21. The van der Waals surface area contributed by atoms with Crippen molar-refractivity contribution in [3.63, 3.8) is 0 Å². The van der Waals surface area contributed by atoms with Crippen LogP contribution in [0.15, 0.2) is 19.9 Å². The molecule has 1 rings (SSSR count). The van der Waals surface area contributed by atoms with Gasteiger partial charge in [-0.15, -0.1) is 10.6 Å². The summed E-state index contributed by atoms with van der Waals surface area (Å²) in [6.07, 6.45) is 0. The largest absolute Gasteiger partial charge is 0.485 e. The summed E-state index contributed by atoms with van der Waals surface area (Å²) < 4.78 is 20.1. The van der Waals surface area contributed by atoms with E-state index in [-0.39, 0.29) is 5.09 Å². The van der Waals surface area contributed by atoms with Crippen LogP contribution in [0.2, 0.25) is 0 Å². The van der Waals surface area contributed by atoms with Gasteiger partial charge >= 0.3 is 0 Å². The van der Waals surface area contributed by atoms with Gasteiger partial charge in [-0.1, -0.05) is 0 Å². The molecule has 14 heavy (non-hydrogen) atoms. The van der Waals surface area contributed by atoms with Gasteiger partial charge in [0.05, 0.1) is 10.7 Å². The Hall–Kier alpha value is -0.810. The minimum atomic E-state index is -1.47. The number of hydrogen-bond donors (Lipinski definition) is 1. The van der Waals surface area contributed by atoms with Gasteiger partial charge in [-0.3, -0.25) is 0 Å². The Bertz CT molecular complexity index is 408. The summed E-state index contributed by atoms with van der Waals surface area (Å²) in [6.45, 7) is 5.03. The van der Waals surface area contributed by atoms with Gasteiger partial charge in [-0.25, -0.2) is 0 Å². The molecule has 0 radical (unpaired) electrons. The Morgan fingerprint density at radius 2 is 2.14 bits per heavy atom. The normalized spacial score (nSPS) is 14.6. The fourth-order valence-electron chi connectivity index (χ4n) is 1.24. The van der Waals surface area contributed by atoms with Gasteiger partial charge in [-0.2, -0.15) is 0 Å². The second-order valence-electron chi connectivity index (χ2n) is 3.53. The Labute approximate surface area is 85.2 Å². The van der Waals surface area contributed by atoms with Crippen LogP contribution in [0.5, 0.6) is 0 Å². The first-order chi connectivity index (χ1) is 6.36. The molecule has 0 bridgehead atoms. The first kappa shape index (κ1) is 11.3. The third-order valence-electron chi connectivity index (χ3n) is 1.89. The van der Waals surface area contributed by atoms with Crippen molar-refractivity contribution in [3.8, 4) is 0 Å². The molecule has 0 spiro atoms. The molecule has 4 nitrogen and oxygen atoms in total. The number of hydrogen-bond acceptors (Lipinski definition) is 5. The lowest BCUT2D eigenvalue weighted by Gasteiger charge is -2.15. The molecule has 0 unspecified atom stereocenters. The Morgan fingerprint density at radius 1 is 1.57 bits per heavy atom. The summed E-state index contributed by atoms with van der Waals surface area (Å²) in [6, 6.07) is 1.58. The minimum absolute atomic E-state index is 0.280. The van der Waals surface area contributed by atoms with Crippen molar-refractivity contribution in [1.82, 2.24) is 0 Å². The molecule has 1 N–H and O–H groups in total. The molecule has 0 saturated carbocycles. The van der Waals surface area contributed by atoms with Gasteiger partial charge in [0.1, 0.15) is 5.76 Å². The van der Waals surface area contributed by atoms with Crippen LogP contribution < -0.4 is 0 Å². The third kappa shape index (κ3) is 2.16. The maximum absolute atomic E-state index is 11.3. The van der Waals surface area contributed by atoms with E-state index in [0.29, 0.717) is 11.3 Å². The highest BCUT2D eigenvalue weighted by molar-refractivity contribution is 7.74. The van der Waals surface area contributed by atoms with Gasteiger partial charge in [0.15, 0.2) is 0 Å². The van der Waals surface area contributed by atoms with Gasteiger partial charge in [0, 0.05) is 12.6 Å². The number of furan rings is 1. The van der Waals surface area contributed by atoms with Crippen LogP contribution in [0.25, 0.3) is 0 Å². The number of rotatable bonds is 2. The monoisotopic (exact) mass is 216 g/mol. The molecular formula is C9H14NO3S-. The van der Waals surface area contributed by atoms with Crippen LogP contribution in [0.4, 0.5) is 0 Å². The summed E-state index contributed by atoms with van der Waals surface area (Å²) in [5, 5.41) is 10.0. The van der Waals surface area contributed by atoms with E-state index in [1.54, 1.807) is 26.8 Å². The second-order valence-corrected chi connectivity index (χ2v) is 4.79. The quantitative estimate of drug-likeness (QED) is 0.768. The average Bonchev–Trinajstić information content (AvgIpc) is 2.45. The molecule has 80 valence electrons. The van der Waals surface area contributed by atoms with Gasteiger partial charge < -0.3 is 18.1 Å². The molecule has 5 heteroatoms. The van der Waals surface area contributed by atoms with E-state index in [2.05, 4.69) is 4.36 Å². The van der Waals surface area contributed by atoms with E-state index in [1.165, 1.54) is 7.05 Å². The highest BCUT2D eigenvalue weighted by Crippen LogP contribution is 2.27. The lowest BCUT2D eigenvalue weighted by Crippen LogP contribution is -2.15. The summed E-state index contributed by atoms with van der Waals surface area (Å²) in [5.41, 5.74) is -0.339. The summed E-state index contributed by atoms with van der Waals surface area (Å²) in [7, 11) is -0.0113. The van der Waals surface area contributed by atoms with E-state index in [9.17, 15) is 9.32 Å². The van der Waals surface area contributed by atoms with Crippen LogP contribution in [0, 0.1) is 6.92 Å². The number of aryl methyl sites for hydroxylation is 1. The molecule has 0 amide bonds. The van der Waals surface area contributed by atoms with Gasteiger partial charge in [-0.05, 0) is 26.8 Å². The van der Waals surface area contributed by atoms with Crippen LogP contribution >= 0.6 is 0 Å². The molecule has 0 aliphatic carbocycles. The van der Waals surface area contributed by atoms with Crippen LogP contribution in [-0.2, 0) is 20.4 Å². The van der Waals surface area contributed by atoms with Crippen molar-refractivity contribution in [2.75, 3.05) is 7.05 Å². The SMILES string of the molecule is CN=[S-](=O)c1cc(C(C)(C)O)c(C)o1. The van der Waals surface area contributed by atoms with Gasteiger partial charge in [0.2, 0.25) is 0 Å². The standard InChI is InChI=1S/C9H14NO3S/c1-6-7(9(2,3)11)5-8(13-6)14(12)10-4/h5,11H,1-4H3/q-1. The molecular weight excluding hydrogens is 202 g/mol. The van der Waals surface area contributed by atoms with E-state index in [4.69, 9.17) is 4.42 Å². The molecule has 0 saturated heterocycles. The van der Waals surface area contributed by atoms with E-state index in [1.807, 2.05) is 0 Å². The highest BCUT2D eigenvalue weighted by atomic mass is 32.2. The predicted molar refractivity (Wildman–Crippen MR) is 53.4 cm³/mol. The van der Waals surface area contributed by atoms with Crippen molar-refractivity contribution in [3.05, 3.63) is 17.4 Å². The van der Waals surface area contributed by atoms with E-state index >= 15 is 0 Å². The molecule has 0 aliphatic rings. The fourth-order valence-corrected chi connectivity index (χ4v) is 1.83. The van der Waals surface area contributed by atoms with E-state index < -0.39 is 16.2 Å². The smallest absolute Gasteiger partial charge is 0.104 e. The van der Waals surface area contributed by atoms with Crippen molar-refractivity contribution >= 4 is 10.6 Å². The summed E-state index contributed by atoms with van der Waals surface area (Å²) in [4.78, 5) is 0. The van der Waals surface area contributed by atoms with Crippen molar-refractivity contribution in [2.24, 2.45) is 4.36 Å². The zero-order valence-corrected chi connectivity index (χ0v) is 9.51. The first-order valence-corrected chi connectivity index (χ1v) is 5.32. The molecule has 0 aliphatic heterocycles. The molecule has 1 aromatic heterocycles. The maximum atomic E-state index is 11.3. The van der Waals surface area contributed by atoms with Crippen molar-refractivity contribution in [1.29, 1.82) is 0 Å². The van der Waals surface area contributed by atoms with Crippen molar-refractivity contribution < 1.29 is 13.7 Å². The second kappa shape index (κ2) is 3.74. The summed E-state index contributed by atoms with van der Waals surface area (Å²) in [5.74, 6) is 0.574. The number of nitrogens with zero attached hydrogens (tertiary/aromatic N) is 1. The van der Waals surface area contributed by atoms with Crippen LogP contribution in [0.3, 0.4) is 0 Å². The molecule has 0 fully saturated rings. The summed E-state index contributed by atoms with van der Waals surface area (Å²) >= 11 is 0. The van der Waals surface area contributed by atoms with E-state index in [0.717, 1.165) is 0 Å². The average molecular weight is 216 g/mol. The van der Waals surface area contributed by atoms with Crippen LogP contribution in [-0.4, -0.2) is 12.2 Å². The Kier molecular flexibility index (Phi) is 3.01. The molecule has 1 aromatic rings. The molecule has 0 atom stereocenters. The third-order valence-corrected chi connectivity index (χ3v) is 2.77. The zero-order chi connectivity index (χ0) is 10.9. The minimum Gasteiger partial charge on any atom is -0.485 e. The molecule has 1 heterocycles. The van der Waals surface area contributed by atoms with Crippen molar-refractivity contribution in [2.45, 2.75) is 31.5 Å².